The summed E-state index contributed by atoms with van der Waals surface area (Å²) in [6.07, 6.45) is 8.54. The molecule has 1 atom stereocenters. The number of hydrogen-bond donors (Lipinski definition) is 0. The molecule has 0 radical (unpaired) electrons. The summed E-state index contributed by atoms with van der Waals surface area (Å²) in [6.45, 7) is 9.60. The van der Waals surface area contributed by atoms with E-state index in [0.717, 1.165) is 11.8 Å². The Balaban J connectivity index is 2.39. The molecule has 0 aromatic heterocycles. The third kappa shape index (κ3) is 3.76. The normalized spacial score (nSPS) is 33.0. The van der Waals surface area contributed by atoms with Crippen molar-refractivity contribution in [1.29, 1.82) is 0 Å². The van der Waals surface area contributed by atoms with Gasteiger partial charge in [-0.15, -0.1) is 0 Å². The molecule has 0 N–H and O–H groups in total. The number of ether oxygens (including phenoxy) is 1. The van der Waals surface area contributed by atoms with Crippen molar-refractivity contribution in [2.75, 3.05) is 7.11 Å². The minimum atomic E-state index is 0.533. The standard InChI is InChI=1S/C15H30O/c1-12(2)6-7-13(3)15(4)10-8-14(16-5)9-11-15/h12-14H,6-11H2,1-5H3. The van der Waals surface area contributed by atoms with Crippen LogP contribution in [0.1, 0.15) is 66.2 Å². The van der Waals surface area contributed by atoms with Crippen molar-refractivity contribution in [2.45, 2.75) is 72.3 Å². The molecule has 1 saturated carbocycles. The Morgan fingerprint density at radius 2 is 1.69 bits per heavy atom. The molecule has 0 bridgehead atoms. The van der Waals surface area contributed by atoms with E-state index in [9.17, 15) is 0 Å². The summed E-state index contributed by atoms with van der Waals surface area (Å²) < 4.78 is 5.46. The fourth-order valence-electron chi connectivity index (χ4n) is 2.91. The maximum Gasteiger partial charge on any atom is 0.0571 e. The predicted molar refractivity (Wildman–Crippen MR) is 70.6 cm³/mol. The second-order valence-corrected chi connectivity index (χ2v) is 6.46. The quantitative estimate of drug-likeness (QED) is 0.663. The predicted octanol–water partition coefficient (Wildman–Crippen LogP) is 4.65. The first-order chi connectivity index (χ1) is 7.48. The van der Waals surface area contributed by atoms with Crippen molar-refractivity contribution in [3.8, 4) is 0 Å². The van der Waals surface area contributed by atoms with Crippen LogP contribution >= 0.6 is 0 Å². The molecule has 1 rings (SSSR count). The molecule has 0 heterocycles. The van der Waals surface area contributed by atoms with Gasteiger partial charge in [0, 0.05) is 7.11 Å². The van der Waals surface area contributed by atoms with Crippen molar-refractivity contribution in [2.24, 2.45) is 17.3 Å². The van der Waals surface area contributed by atoms with E-state index >= 15 is 0 Å². The van der Waals surface area contributed by atoms with Crippen LogP contribution in [0.5, 0.6) is 0 Å². The molecular weight excluding hydrogens is 196 g/mol. The zero-order valence-electron chi connectivity index (χ0n) is 11.9. The zero-order chi connectivity index (χ0) is 12.2. The van der Waals surface area contributed by atoms with Gasteiger partial charge in [-0.1, -0.05) is 34.1 Å². The van der Waals surface area contributed by atoms with E-state index in [1.807, 2.05) is 7.11 Å². The van der Waals surface area contributed by atoms with Crippen LogP contribution in [0.3, 0.4) is 0 Å². The number of hydrogen-bond acceptors (Lipinski definition) is 1. The molecule has 96 valence electrons. The van der Waals surface area contributed by atoms with Crippen LogP contribution in [0.4, 0.5) is 0 Å². The van der Waals surface area contributed by atoms with Gasteiger partial charge in [0.1, 0.15) is 0 Å². The Hall–Kier alpha value is -0.0400. The van der Waals surface area contributed by atoms with Crippen LogP contribution in [0.25, 0.3) is 0 Å². The minimum absolute atomic E-state index is 0.533. The van der Waals surface area contributed by atoms with Crippen molar-refractivity contribution in [3.63, 3.8) is 0 Å². The molecule has 0 saturated heterocycles. The first-order valence-electron chi connectivity index (χ1n) is 7.00. The van der Waals surface area contributed by atoms with Crippen LogP contribution in [-0.4, -0.2) is 13.2 Å². The van der Waals surface area contributed by atoms with Crippen molar-refractivity contribution in [3.05, 3.63) is 0 Å². The lowest BCUT2D eigenvalue weighted by Crippen LogP contribution is -2.33. The molecule has 0 aromatic carbocycles. The van der Waals surface area contributed by atoms with E-state index in [1.165, 1.54) is 38.5 Å². The average molecular weight is 226 g/mol. The van der Waals surface area contributed by atoms with E-state index in [4.69, 9.17) is 4.74 Å². The second-order valence-electron chi connectivity index (χ2n) is 6.46. The van der Waals surface area contributed by atoms with Gasteiger partial charge < -0.3 is 4.74 Å². The van der Waals surface area contributed by atoms with Gasteiger partial charge in [-0.2, -0.15) is 0 Å². The third-order valence-electron chi connectivity index (χ3n) is 4.77. The second kappa shape index (κ2) is 6.05. The van der Waals surface area contributed by atoms with Gasteiger partial charge in [-0.25, -0.2) is 0 Å². The largest absolute Gasteiger partial charge is 0.381 e. The maximum absolute atomic E-state index is 5.46. The Bertz CT molecular complexity index is 190. The molecule has 1 nitrogen and oxygen atoms in total. The fourth-order valence-corrected chi connectivity index (χ4v) is 2.91. The summed E-state index contributed by atoms with van der Waals surface area (Å²) in [5.41, 5.74) is 0.573. The van der Waals surface area contributed by atoms with Gasteiger partial charge in [-0.05, 0) is 49.4 Å². The number of rotatable bonds is 5. The third-order valence-corrected chi connectivity index (χ3v) is 4.77. The molecule has 1 heteroatoms. The summed E-state index contributed by atoms with van der Waals surface area (Å²) in [5.74, 6) is 1.72. The summed E-state index contributed by atoms with van der Waals surface area (Å²) in [6, 6.07) is 0. The molecule has 0 spiro atoms. The monoisotopic (exact) mass is 226 g/mol. The lowest BCUT2D eigenvalue weighted by Gasteiger charge is -2.41. The Kier molecular flexibility index (Phi) is 5.30. The first-order valence-corrected chi connectivity index (χ1v) is 7.00. The molecule has 1 unspecified atom stereocenters. The van der Waals surface area contributed by atoms with Crippen molar-refractivity contribution in [1.82, 2.24) is 0 Å². The molecule has 1 aliphatic rings. The summed E-state index contributed by atoms with van der Waals surface area (Å²) in [5, 5.41) is 0. The van der Waals surface area contributed by atoms with Crippen LogP contribution in [0.2, 0.25) is 0 Å². The Morgan fingerprint density at radius 3 is 2.12 bits per heavy atom. The average Bonchev–Trinajstić information content (AvgIpc) is 2.27. The first kappa shape index (κ1) is 14.0. The minimum Gasteiger partial charge on any atom is -0.381 e. The van der Waals surface area contributed by atoms with Crippen LogP contribution in [0.15, 0.2) is 0 Å². The van der Waals surface area contributed by atoms with E-state index in [2.05, 4.69) is 27.7 Å². The molecule has 0 aromatic rings. The molecule has 0 aliphatic heterocycles. The Labute approximate surface area is 102 Å². The molecule has 1 fully saturated rings. The zero-order valence-corrected chi connectivity index (χ0v) is 11.9. The molecule has 0 amide bonds. The number of methoxy groups -OCH3 is 1. The fraction of sp³-hybridized carbons (Fsp3) is 1.00. The van der Waals surface area contributed by atoms with E-state index in [1.54, 1.807) is 0 Å². The topological polar surface area (TPSA) is 9.23 Å². The lowest BCUT2D eigenvalue weighted by atomic mass is 9.66. The SMILES string of the molecule is COC1CCC(C)(C(C)CCC(C)C)CC1. The van der Waals surface area contributed by atoms with Crippen LogP contribution in [0, 0.1) is 17.3 Å². The van der Waals surface area contributed by atoms with Crippen LogP contribution < -0.4 is 0 Å². The summed E-state index contributed by atoms with van der Waals surface area (Å²) in [4.78, 5) is 0. The highest BCUT2D eigenvalue weighted by molar-refractivity contribution is 4.86. The van der Waals surface area contributed by atoms with E-state index in [0.29, 0.717) is 11.5 Å². The van der Waals surface area contributed by atoms with E-state index in [-0.39, 0.29) is 0 Å². The smallest absolute Gasteiger partial charge is 0.0571 e. The van der Waals surface area contributed by atoms with Crippen LogP contribution in [-0.2, 0) is 4.74 Å². The van der Waals surface area contributed by atoms with Gasteiger partial charge >= 0.3 is 0 Å². The van der Waals surface area contributed by atoms with Gasteiger partial charge in [0.2, 0.25) is 0 Å². The molecular formula is C15H30O. The summed E-state index contributed by atoms with van der Waals surface area (Å²) in [7, 11) is 1.86. The Morgan fingerprint density at radius 1 is 1.12 bits per heavy atom. The van der Waals surface area contributed by atoms with E-state index < -0.39 is 0 Å². The van der Waals surface area contributed by atoms with Gasteiger partial charge in [0.25, 0.3) is 0 Å². The maximum atomic E-state index is 5.46. The van der Waals surface area contributed by atoms with Gasteiger partial charge in [0.15, 0.2) is 0 Å². The van der Waals surface area contributed by atoms with Crippen molar-refractivity contribution >= 4 is 0 Å². The summed E-state index contributed by atoms with van der Waals surface area (Å²) >= 11 is 0. The highest BCUT2D eigenvalue weighted by Crippen LogP contribution is 2.44. The lowest BCUT2D eigenvalue weighted by molar-refractivity contribution is 0.0101. The van der Waals surface area contributed by atoms with Gasteiger partial charge in [-0.3, -0.25) is 0 Å². The molecule has 1 aliphatic carbocycles. The molecule has 16 heavy (non-hydrogen) atoms. The van der Waals surface area contributed by atoms with Gasteiger partial charge in [0.05, 0.1) is 6.10 Å². The van der Waals surface area contributed by atoms with Crippen molar-refractivity contribution < 1.29 is 4.74 Å². The highest BCUT2D eigenvalue weighted by atomic mass is 16.5. The highest BCUT2D eigenvalue weighted by Gasteiger charge is 2.35.